The first-order chi connectivity index (χ1) is 6.21. The van der Waals surface area contributed by atoms with Crippen molar-refractivity contribution >= 4 is 0 Å². The number of hydrogen-bond donors (Lipinski definition) is 0. The van der Waals surface area contributed by atoms with Crippen LogP contribution in [0.1, 0.15) is 20.8 Å². The lowest BCUT2D eigenvalue weighted by Crippen LogP contribution is -2.56. The molecule has 0 radical (unpaired) electrons. The molecule has 0 aliphatic carbocycles. The van der Waals surface area contributed by atoms with E-state index in [2.05, 4.69) is 4.90 Å². The van der Waals surface area contributed by atoms with Gasteiger partial charge in [-0.25, -0.2) is 4.90 Å². The quantitative estimate of drug-likeness (QED) is 0.564. The predicted octanol–water partition coefficient (Wildman–Crippen LogP) is 1.92. The zero-order chi connectivity index (χ0) is 11.0. The van der Waals surface area contributed by atoms with Crippen LogP contribution in [-0.4, -0.2) is 47.8 Å². The molecule has 14 heavy (non-hydrogen) atoms. The van der Waals surface area contributed by atoms with E-state index in [1.165, 1.54) is 0 Å². The van der Waals surface area contributed by atoms with Crippen molar-refractivity contribution in [3.8, 4) is 0 Å². The van der Waals surface area contributed by atoms with Crippen molar-refractivity contribution in [1.29, 1.82) is 0 Å². The number of alkyl halides is 3. The van der Waals surface area contributed by atoms with Crippen LogP contribution in [0, 0.1) is 0 Å². The third-order valence-electron chi connectivity index (χ3n) is 2.59. The highest BCUT2D eigenvalue weighted by Crippen LogP contribution is 2.24. The second kappa shape index (κ2) is 3.70. The standard InChI is InChI=1S/C9H17F3N2/c1-8(2,3)13-4-6-14(7-5-13)9(10,11)12/h4-7H2,1-3H3. The largest absolute Gasteiger partial charge is 0.460 e. The minimum absolute atomic E-state index is 0.0301. The molecule has 0 aromatic carbocycles. The van der Waals surface area contributed by atoms with Crippen LogP contribution in [-0.2, 0) is 0 Å². The van der Waals surface area contributed by atoms with Gasteiger partial charge in [0.05, 0.1) is 0 Å². The lowest BCUT2D eigenvalue weighted by Gasteiger charge is -2.42. The molecular formula is C9H17F3N2. The van der Waals surface area contributed by atoms with Crippen molar-refractivity contribution in [2.45, 2.75) is 32.6 Å². The summed E-state index contributed by atoms with van der Waals surface area (Å²) in [6.07, 6.45) is -4.16. The van der Waals surface area contributed by atoms with Crippen molar-refractivity contribution in [3.63, 3.8) is 0 Å². The summed E-state index contributed by atoms with van der Waals surface area (Å²) in [4.78, 5) is 2.66. The molecule has 0 bridgehead atoms. The first kappa shape index (κ1) is 11.8. The first-order valence-corrected chi connectivity index (χ1v) is 4.78. The molecule has 1 saturated heterocycles. The summed E-state index contributed by atoms with van der Waals surface area (Å²) in [5.74, 6) is 0. The Morgan fingerprint density at radius 3 is 1.43 bits per heavy atom. The van der Waals surface area contributed by atoms with Crippen LogP contribution >= 0.6 is 0 Å². The zero-order valence-corrected chi connectivity index (χ0v) is 8.86. The minimum Gasteiger partial charge on any atom is -0.296 e. The van der Waals surface area contributed by atoms with E-state index >= 15 is 0 Å². The van der Waals surface area contributed by atoms with E-state index in [9.17, 15) is 13.2 Å². The Bertz CT molecular complexity index is 165. The molecule has 1 aliphatic heterocycles. The molecule has 5 heteroatoms. The van der Waals surface area contributed by atoms with Crippen LogP contribution in [0.4, 0.5) is 13.2 Å². The van der Waals surface area contributed by atoms with Gasteiger partial charge in [0.15, 0.2) is 0 Å². The predicted molar refractivity (Wildman–Crippen MR) is 49.0 cm³/mol. The average Bonchev–Trinajstić information content (AvgIpc) is 2.01. The summed E-state index contributed by atoms with van der Waals surface area (Å²) in [5, 5.41) is 0. The molecule has 0 atom stereocenters. The first-order valence-electron chi connectivity index (χ1n) is 4.78. The van der Waals surface area contributed by atoms with E-state index in [-0.39, 0.29) is 18.6 Å². The summed E-state index contributed by atoms with van der Waals surface area (Å²) in [5.41, 5.74) is -0.0301. The second-order valence-electron chi connectivity index (χ2n) is 4.61. The number of rotatable bonds is 0. The highest BCUT2D eigenvalue weighted by molar-refractivity contribution is 4.82. The molecule has 2 nitrogen and oxygen atoms in total. The van der Waals surface area contributed by atoms with Gasteiger partial charge in [-0.15, -0.1) is 0 Å². The summed E-state index contributed by atoms with van der Waals surface area (Å²) < 4.78 is 36.8. The summed E-state index contributed by atoms with van der Waals surface area (Å²) >= 11 is 0. The van der Waals surface area contributed by atoms with Gasteiger partial charge in [-0.05, 0) is 20.8 Å². The van der Waals surface area contributed by atoms with Crippen LogP contribution in [0.2, 0.25) is 0 Å². The lowest BCUT2D eigenvalue weighted by molar-refractivity contribution is -0.254. The summed E-state index contributed by atoms with van der Waals surface area (Å²) in [6.45, 7) is 7.22. The highest BCUT2D eigenvalue weighted by atomic mass is 19.4. The maximum Gasteiger partial charge on any atom is 0.460 e. The van der Waals surface area contributed by atoms with Crippen molar-refractivity contribution < 1.29 is 13.2 Å². The molecule has 84 valence electrons. The summed E-state index contributed by atoms with van der Waals surface area (Å²) in [6, 6.07) is 0. The Morgan fingerprint density at radius 1 is 0.786 bits per heavy atom. The van der Waals surface area contributed by atoms with Crippen molar-refractivity contribution in [2.24, 2.45) is 0 Å². The fourth-order valence-corrected chi connectivity index (χ4v) is 1.63. The Labute approximate surface area is 82.7 Å². The van der Waals surface area contributed by atoms with Crippen LogP contribution in [0.25, 0.3) is 0 Å². The Kier molecular flexibility index (Phi) is 3.11. The minimum atomic E-state index is -4.16. The highest BCUT2D eigenvalue weighted by Gasteiger charge is 2.40. The number of piperazine rings is 1. The monoisotopic (exact) mass is 210 g/mol. The van der Waals surface area contributed by atoms with Crippen LogP contribution in [0.3, 0.4) is 0 Å². The van der Waals surface area contributed by atoms with Crippen LogP contribution < -0.4 is 0 Å². The summed E-state index contributed by atoms with van der Waals surface area (Å²) in [7, 11) is 0. The van der Waals surface area contributed by atoms with Crippen LogP contribution in [0.5, 0.6) is 0 Å². The molecule has 1 fully saturated rings. The second-order valence-corrected chi connectivity index (χ2v) is 4.61. The molecule has 0 amide bonds. The fraction of sp³-hybridized carbons (Fsp3) is 1.00. The Balaban J connectivity index is 2.47. The molecule has 0 saturated carbocycles. The topological polar surface area (TPSA) is 6.48 Å². The maximum absolute atomic E-state index is 12.3. The van der Waals surface area contributed by atoms with E-state index < -0.39 is 6.30 Å². The van der Waals surface area contributed by atoms with E-state index in [1.807, 2.05) is 20.8 Å². The Morgan fingerprint density at radius 2 is 1.14 bits per heavy atom. The molecule has 0 unspecified atom stereocenters. The van der Waals surface area contributed by atoms with Crippen molar-refractivity contribution in [3.05, 3.63) is 0 Å². The number of halogens is 3. The normalized spacial score (nSPS) is 22.7. The van der Waals surface area contributed by atoms with Gasteiger partial charge in [0.1, 0.15) is 0 Å². The smallest absolute Gasteiger partial charge is 0.296 e. The van der Waals surface area contributed by atoms with Gasteiger partial charge in [0.2, 0.25) is 0 Å². The number of hydrogen-bond acceptors (Lipinski definition) is 2. The van der Waals surface area contributed by atoms with Gasteiger partial charge in [-0.2, -0.15) is 13.2 Å². The molecule has 0 spiro atoms. The van der Waals surface area contributed by atoms with Gasteiger partial charge < -0.3 is 0 Å². The molecule has 1 rings (SSSR count). The van der Waals surface area contributed by atoms with Gasteiger partial charge in [-0.1, -0.05) is 0 Å². The lowest BCUT2D eigenvalue weighted by atomic mass is 10.1. The molecule has 1 heterocycles. The van der Waals surface area contributed by atoms with Gasteiger partial charge >= 0.3 is 6.30 Å². The fourth-order valence-electron chi connectivity index (χ4n) is 1.63. The Hall–Kier alpha value is -0.290. The molecular weight excluding hydrogens is 193 g/mol. The van der Waals surface area contributed by atoms with E-state index in [1.54, 1.807) is 0 Å². The molecule has 1 aliphatic rings. The van der Waals surface area contributed by atoms with E-state index in [0.717, 1.165) is 0 Å². The molecule has 0 aromatic heterocycles. The third-order valence-corrected chi connectivity index (χ3v) is 2.59. The van der Waals surface area contributed by atoms with Gasteiger partial charge in [-0.3, -0.25) is 4.90 Å². The number of nitrogens with zero attached hydrogens (tertiary/aromatic N) is 2. The van der Waals surface area contributed by atoms with Crippen molar-refractivity contribution in [2.75, 3.05) is 26.2 Å². The molecule has 0 aromatic rings. The van der Waals surface area contributed by atoms with Crippen LogP contribution in [0.15, 0.2) is 0 Å². The van der Waals surface area contributed by atoms with Crippen molar-refractivity contribution in [1.82, 2.24) is 9.80 Å². The maximum atomic E-state index is 12.3. The third kappa shape index (κ3) is 2.85. The zero-order valence-electron chi connectivity index (χ0n) is 8.86. The van der Waals surface area contributed by atoms with E-state index in [4.69, 9.17) is 0 Å². The molecule has 0 N–H and O–H groups in total. The average molecular weight is 210 g/mol. The SMILES string of the molecule is CC(C)(C)N1CCN(C(F)(F)F)CC1. The van der Waals surface area contributed by atoms with Gasteiger partial charge in [0, 0.05) is 31.7 Å². The van der Waals surface area contributed by atoms with Gasteiger partial charge in [0.25, 0.3) is 0 Å². The van der Waals surface area contributed by atoms with E-state index in [0.29, 0.717) is 18.0 Å².